The van der Waals surface area contributed by atoms with E-state index in [2.05, 4.69) is 19.9 Å². The standard InChI is InChI=1S/C15H20ClN5O3S/c1-2-23-6-3-7-24-14-12-11(17-10-18-14)13(20-15(16)19-12)21-4-8-25(22)9-5-21/h10H,2-9H2,1H3. The molecule has 0 amide bonds. The molecule has 0 atom stereocenters. The number of ether oxygens (including phenoxy) is 2. The summed E-state index contributed by atoms with van der Waals surface area (Å²) in [7, 11) is 0. The summed E-state index contributed by atoms with van der Waals surface area (Å²) < 4.78 is 22.6. The van der Waals surface area contributed by atoms with E-state index < -0.39 is 11.2 Å². The Labute approximate surface area is 154 Å². The number of aromatic nitrogens is 4. The molecule has 2 aromatic rings. The fourth-order valence-electron chi connectivity index (χ4n) is 2.53. The molecule has 25 heavy (non-hydrogen) atoms. The molecular formula is C15H20ClN5O3S. The molecule has 0 aliphatic carbocycles. The molecule has 2 aromatic heterocycles. The maximum Gasteiger partial charge on any atom is 0.243 e. The lowest BCUT2D eigenvalue weighted by molar-refractivity contribution is 0.130. The zero-order valence-electron chi connectivity index (χ0n) is 14.0. The van der Waals surface area contributed by atoms with Crippen LogP contribution in [-0.2, 0) is 15.9 Å². The summed E-state index contributed by atoms with van der Waals surface area (Å²) >= 11 is 5.33. The first-order chi connectivity index (χ1) is 12.2. The molecule has 0 aromatic carbocycles. The van der Waals surface area contributed by atoms with E-state index in [9.17, 15) is 4.55 Å². The second-order valence-electron chi connectivity index (χ2n) is 5.43. The van der Waals surface area contributed by atoms with Crippen LogP contribution in [0.4, 0.5) is 5.82 Å². The minimum absolute atomic E-state index is 0.114. The second-order valence-corrected chi connectivity index (χ2v) is 7.46. The smallest absolute Gasteiger partial charge is 0.243 e. The van der Waals surface area contributed by atoms with E-state index in [0.717, 1.165) is 6.42 Å². The average Bonchev–Trinajstić information content (AvgIpc) is 2.62. The minimum atomic E-state index is -0.773. The van der Waals surface area contributed by atoms with Crippen LogP contribution in [0.3, 0.4) is 0 Å². The van der Waals surface area contributed by atoms with Crippen LogP contribution in [0, 0.1) is 0 Å². The largest absolute Gasteiger partial charge is 0.616 e. The summed E-state index contributed by atoms with van der Waals surface area (Å²) in [6.07, 6.45) is 2.19. The van der Waals surface area contributed by atoms with Crippen molar-refractivity contribution in [3.63, 3.8) is 0 Å². The summed E-state index contributed by atoms with van der Waals surface area (Å²) in [5, 5.41) is 0.114. The molecule has 3 rings (SSSR count). The Balaban J connectivity index is 1.83. The molecule has 8 nitrogen and oxygen atoms in total. The highest BCUT2D eigenvalue weighted by Crippen LogP contribution is 2.29. The number of halogens is 1. The topological polar surface area (TPSA) is 96.3 Å². The van der Waals surface area contributed by atoms with Gasteiger partial charge in [-0.2, -0.15) is 9.97 Å². The monoisotopic (exact) mass is 385 g/mol. The Bertz CT molecular complexity index is 715. The Morgan fingerprint density at radius 3 is 2.76 bits per heavy atom. The molecule has 1 fully saturated rings. The molecule has 0 unspecified atom stereocenters. The van der Waals surface area contributed by atoms with Gasteiger partial charge in [-0.3, -0.25) is 0 Å². The number of fused-ring (bicyclic) bond motifs is 1. The van der Waals surface area contributed by atoms with E-state index in [-0.39, 0.29) is 5.28 Å². The maximum absolute atomic E-state index is 11.6. The second kappa shape index (κ2) is 8.79. The van der Waals surface area contributed by atoms with Crippen LogP contribution in [0.15, 0.2) is 6.33 Å². The van der Waals surface area contributed by atoms with Gasteiger partial charge in [-0.05, 0) is 18.5 Å². The lowest BCUT2D eigenvalue weighted by atomic mass is 10.3. The highest BCUT2D eigenvalue weighted by Gasteiger charge is 2.24. The third-order valence-electron chi connectivity index (χ3n) is 3.76. The zero-order valence-corrected chi connectivity index (χ0v) is 15.6. The Morgan fingerprint density at radius 1 is 1.20 bits per heavy atom. The van der Waals surface area contributed by atoms with E-state index >= 15 is 0 Å². The Morgan fingerprint density at radius 2 is 2.00 bits per heavy atom. The predicted molar refractivity (Wildman–Crippen MR) is 96.8 cm³/mol. The summed E-state index contributed by atoms with van der Waals surface area (Å²) in [5.74, 6) is 2.23. The molecule has 1 aliphatic heterocycles. The van der Waals surface area contributed by atoms with Crippen LogP contribution in [0.1, 0.15) is 13.3 Å². The Kier molecular flexibility index (Phi) is 6.46. The first-order valence-electron chi connectivity index (χ1n) is 8.17. The first-order valence-corrected chi connectivity index (χ1v) is 10.0. The highest BCUT2D eigenvalue weighted by molar-refractivity contribution is 7.91. The van der Waals surface area contributed by atoms with E-state index in [1.807, 2.05) is 11.8 Å². The van der Waals surface area contributed by atoms with Gasteiger partial charge in [-0.25, -0.2) is 9.97 Å². The van der Waals surface area contributed by atoms with Crippen molar-refractivity contribution in [1.82, 2.24) is 19.9 Å². The van der Waals surface area contributed by atoms with Gasteiger partial charge in [0.15, 0.2) is 11.3 Å². The van der Waals surface area contributed by atoms with Gasteiger partial charge in [-0.1, -0.05) is 11.2 Å². The fourth-order valence-corrected chi connectivity index (χ4v) is 3.75. The van der Waals surface area contributed by atoms with Crippen LogP contribution >= 0.6 is 11.6 Å². The molecule has 136 valence electrons. The summed E-state index contributed by atoms with van der Waals surface area (Å²) in [6, 6.07) is 0. The fraction of sp³-hybridized carbons (Fsp3) is 0.600. The van der Waals surface area contributed by atoms with Crippen molar-refractivity contribution in [2.24, 2.45) is 0 Å². The van der Waals surface area contributed by atoms with Crippen LogP contribution < -0.4 is 9.64 Å². The lowest BCUT2D eigenvalue weighted by Crippen LogP contribution is -2.41. The zero-order chi connectivity index (χ0) is 17.6. The molecular weight excluding hydrogens is 366 g/mol. The first kappa shape index (κ1) is 18.4. The van der Waals surface area contributed by atoms with Crippen molar-refractivity contribution in [1.29, 1.82) is 0 Å². The predicted octanol–water partition coefficient (Wildman–Crippen LogP) is 1.45. The minimum Gasteiger partial charge on any atom is -0.616 e. The summed E-state index contributed by atoms with van der Waals surface area (Å²) in [6.45, 7) is 5.02. The van der Waals surface area contributed by atoms with Gasteiger partial charge in [0.25, 0.3) is 0 Å². The van der Waals surface area contributed by atoms with Gasteiger partial charge in [0.1, 0.15) is 23.3 Å². The van der Waals surface area contributed by atoms with Gasteiger partial charge in [0.05, 0.1) is 19.7 Å². The quantitative estimate of drug-likeness (QED) is 0.401. The molecule has 0 bridgehead atoms. The highest BCUT2D eigenvalue weighted by atomic mass is 35.5. The van der Waals surface area contributed by atoms with Crippen LogP contribution in [-0.4, -0.2) is 68.9 Å². The van der Waals surface area contributed by atoms with E-state index in [1.165, 1.54) is 6.33 Å². The summed E-state index contributed by atoms with van der Waals surface area (Å²) in [4.78, 5) is 19.1. The average molecular weight is 386 g/mol. The molecule has 0 radical (unpaired) electrons. The SMILES string of the molecule is CCOCCCOc1ncnc2c(N3CC[S+]([O-])CC3)nc(Cl)nc12. The molecule has 0 saturated carbocycles. The van der Waals surface area contributed by atoms with Crippen LogP contribution in [0.2, 0.25) is 5.28 Å². The number of hydrogen-bond donors (Lipinski definition) is 0. The lowest BCUT2D eigenvalue weighted by Gasteiger charge is -2.29. The third kappa shape index (κ3) is 4.60. The number of hydrogen-bond acceptors (Lipinski definition) is 8. The van der Waals surface area contributed by atoms with E-state index in [0.29, 0.717) is 67.1 Å². The van der Waals surface area contributed by atoms with Gasteiger partial charge in [0, 0.05) is 19.6 Å². The van der Waals surface area contributed by atoms with Crippen LogP contribution in [0.5, 0.6) is 5.88 Å². The van der Waals surface area contributed by atoms with Gasteiger partial charge in [0.2, 0.25) is 11.2 Å². The number of rotatable bonds is 7. The molecule has 0 spiro atoms. The van der Waals surface area contributed by atoms with Crippen LogP contribution in [0.25, 0.3) is 11.0 Å². The Hall–Kier alpha value is -1.42. The third-order valence-corrected chi connectivity index (χ3v) is 5.20. The molecule has 0 N–H and O–H groups in total. The van der Waals surface area contributed by atoms with Crippen molar-refractivity contribution in [2.75, 3.05) is 49.3 Å². The number of nitrogens with zero attached hydrogens (tertiary/aromatic N) is 5. The molecule has 1 saturated heterocycles. The molecule has 10 heteroatoms. The van der Waals surface area contributed by atoms with Crippen molar-refractivity contribution in [3.8, 4) is 5.88 Å². The van der Waals surface area contributed by atoms with E-state index in [4.69, 9.17) is 21.1 Å². The summed E-state index contributed by atoms with van der Waals surface area (Å²) in [5.41, 5.74) is 1.08. The molecule has 3 heterocycles. The maximum atomic E-state index is 11.6. The van der Waals surface area contributed by atoms with Crippen molar-refractivity contribution >= 4 is 39.6 Å². The normalized spacial score (nSPS) is 15.7. The number of anilines is 1. The van der Waals surface area contributed by atoms with Crippen molar-refractivity contribution < 1.29 is 14.0 Å². The van der Waals surface area contributed by atoms with Crippen molar-refractivity contribution in [2.45, 2.75) is 13.3 Å². The van der Waals surface area contributed by atoms with Gasteiger partial charge >= 0.3 is 0 Å². The van der Waals surface area contributed by atoms with Gasteiger partial charge < -0.3 is 18.9 Å². The van der Waals surface area contributed by atoms with Crippen molar-refractivity contribution in [3.05, 3.63) is 11.6 Å². The van der Waals surface area contributed by atoms with E-state index in [1.54, 1.807) is 0 Å². The molecule has 1 aliphatic rings. The van der Waals surface area contributed by atoms with Gasteiger partial charge in [-0.15, -0.1) is 0 Å².